The van der Waals surface area contributed by atoms with E-state index >= 15 is 0 Å². The second-order valence-corrected chi connectivity index (χ2v) is 11.3. The average molecular weight is 537 g/mol. The van der Waals surface area contributed by atoms with Gasteiger partial charge in [-0.15, -0.1) is 12.4 Å². The number of nitrogens with zero attached hydrogens (tertiary/aromatic N) is 1. The number of amides is 1. The number of rotatable bonds is 2. The summed E-state index contributed by atoms with van der Waals surface area (Å²) in [6, 6.07) is 17.0. The number of hydrogen-bond acceptors (Lipinski definition) is 3. The highest BCUT2D eigenvalue weighted by Crippen LogP contribution is 2.34. The molecule has 38 heavy (non-hydrogen) atoms. The third kappa shape index (κ3) is 6.54. The molecule has 204 valence electrons. The molecule has 6 rings (SSSR count). The summed E-state index contributed by atoms with van der Waals surface area (Å²) >= 11 is 0. The molecule has 0 saturated carbocycles. The molecular weight excluding hydrogens is 496 g/mol. The molecule has 2 aliphatic heterocycles. The van der Waals surface area contributed by atoms with E-state index in [4.69, 9.17) is 4.74 Å². The largest absolute Gasteiger partial charge is 0.444 e. The molecule has 0 bridgehead atoms. The van der Waals surface area contributed by atoms with E-state index in [1.807, 2.05) is 31.7 Å². The first kappa shape index (κ1) is 28.1. The van der Waals surface area contributed by atoms with E-state index in [1.165, 1.54) is 45.8 Å². The molecule has 2 aromatic heterocycles. The maximum Gasteiger partial charge on any atom is 0.410 e. The number of benzene rings is 2. The Bertz CT molecular complexity index is 1320. The number of halogens is 1. The summed E-state index contributed by atoms with van der Waals surface area (Å²) < 4.78 is 5.45. The van der Waals surface area contributed by atoms with Gasteiger partial charge in [-0.25, -0.2) is 4.79 Å². The van der Waals surface area contributed by atoms with Crippen LogP contribution in [0.1, 0.15) is 69.4 Å². The van der Waals surface area contributed by atoms with Gasteiger partial charge >= 0.3 is 6.09 Å². The first-order valence-electron chi connectivity index (χ1n) is 13.7. The number of carbonyl (C=O) groups is 1. The van der Waals surface area contributed by atoms with E-state index in [-0.39, 0.29) is 18.5 Å². The van der Waals surface area contributed by atoms with Gasteiger partial charge in [0.1, 0.15) is 5.60 Å². The summed E-state index contributed by atoms with van der Waals surface area (Å²) in [6.45, 7) is 9.56. The fourth-order valence-corrected chi connectivity index (χ4v) is 5.70. The van der Waals surface area contributed by atoms with Crippen molar-refractivity contribution in [3.8, 4) is 0 Å². The van der Waals surface area contributed by atoms with Crippen molar-refractivity contribution in [3.63, 3.8) is 0 Å². The van der Waals surface area contributed by atoms with E-state index in [9.17, 15) is 4.79 Å². The fourth-order valence-electron chi connectivity index (χ4n) is 5.70. The molecule has 2 aliphatic rings. The predicted molar refractivity (Wildman–Crippen MR) is 158 cm³/mol. The van der Waals surface area contributed by atoms with Crippen LogP contribution in [-0.4, -0.2) is 52.7 Å². The number of aromatic nitrogens is 2. The number of likely N-dealkylation sites (tertiary alicyclic amines) is 1. The van der Waals surface area contributed by atoms with Crippen LogP contribution in [-0.2, 0) is 4.74 Å². The molecule has 0 aliphatic carbocycles. The van der Waals surface area contributed by atoms with Crippen molar-refractivity contribution in [1.82, 2.24) is 20.2 Å². The van der Waals surface area contributed by atoms with Crippen molar-refractivity contribution in [2.24, 2.45) is 0 Å². The Hall–Kier alpha value is -2.96. The van der Waals surface area contributed by atoms with Crippen molar-refractivity contribution >= 4 is 40.3 Å². The standard InChI is InChI=1S/C18H24N2O2.C13H16N2.ClH/c1-18(2,3)22-17(21)20-10-8-13(9-11-20)15-12-19-16-7-5-4-6-14(15)16;1-2-4-13-11(3-1)12(9-15-13)10-5-7-14-8-6-10;/h4-7,12-13,19H,8-11H2,1-3H3;1-4,9-10,14-15H,5-8H2;1H. The second-order valence-electron chi connectivity index (χ2n) is 11.3. The molecule has 4 heterocycles. The van der Waals surface area contributed by atoms with Gasteiger partial charge in [-0.05, 0) is 94.6 Å². The fraction of sp³-hybridized carbons (Fsp3) is 0.452. The van der Waals surface area contributed by atoms with E-state index in [1.54, 1.807) is 0 Å². The summed E-state index contributed by atoms with van der Waals surface area (Å²) in [5, 5.41) is 6.13. The molecule has 0 atom stereocenters. The minimum atomic E-state index is -0.426. The number of hydrogen-bond donors (Lipinski definition) is 3. The maximum atomic E-state index is 12.1. The maximum absolute atomic E-state index is 12.1. The molecule has 2 fully saturated rings. The average Bonchev–Trinajstić information content (AvgIpc) is 3.53. The van der Waals surface area contributed by atoms with Crippen molar-refractivity contribution in [1.29, 1.82) is 0 Å². The highest BCUT2D eigenvalue weighted by Gasteiger charge is 2.28. The van der Waals surface area contributed by atoms with Crippen LogP contribution in [0.3, 0.4) is 0 Å². The van der Waals surface area contributed by atoms with Crippen LogP contribution in [0.4, 0.5) is 4.79 Å². The summed E-state index contributed by atoms with van der Waals surface area (Å²) in [6.07, 6.45) is 8.63. The van der Waals surface area contributed by atoms with Crippen molar-refractivity contribution in [2.75, 3.05) is 26.2 Å². The van der Waals surface area contributed by atoms with Crippen LogP contribution >= 0.6 is 12.4 Å². The van der Waals surface area contributed by atoms with Crippen LogP contribution in [0.2, 0.25) is 0 Å². The predicted octanol–water partition coefficient (Wildman–Crippen LogP) is 7.34. The number of piperidine rings is 2. The first-order valence-corrected chi connectivity index (χ1v) is 13.7. The molecule has 2 saturated heterocycles. The minimum Gasteiger partial charge on any atom is -0.444 e. The molecule has 0 unspecified atom stereocenters. The molecule has 0 radical (unpaired) electrons. The van der Waals surface area contributed by atoms with Gasteiger partial charge in [-0.1, -0.05) is 36.4 Å². The van der Waals surface area contributed by atoms with Crippen molar-refractivity contribution < 1.29 is 9.53 Å². The molecular formula is C31H41ClN4O2. The zero-order valence-electron chi connectivity index (χ0n) is 22.8. The van der Waals surface area contributed by atoms with Gasteiger partial charge in [0, 0.05) is 47.3 Å². The van der Waals surface area contributed by atoms with Gasteiger partial charge in [0.2, 0.25) is 0 Å². The van der Waals surface area contributed by atoms with Gasteiger partial charge in [-0.3, -0.25) is 0 Å². The van der Waals surface area contributed by atoms with Crippen LogP contribution in [0.25, 0.3) is 21.8 Å². The van der Waals surface area contributed by atoms with Crippen LogP contribution in [0.5, 0.6) is 0 Å². The van der Waals surface area contributed by atoms with E-state index < -0.39 is 5.60 Å². The Labute approximate surface area is 231 Å². The van der Waals surface area contributed by atoms with Gasteiger partial charge in [0.25, 0.3) is 0 Å². The third-order valence-electron chi connectivity index (χ3n) is 7.61. The summed E-state index contributed by atoms with van der Waals surface area (Å²) in [4.78, 5) is 20.7. The molecule has 6 nitrogen and oxygen atoms in total. The van der Waals surface area contributed by atoms with E-state index in [2.05, 4.69) is 70.1 Å². The molecule has 7 heteroatoms. The highest BCUT2D eigenvalue weighted by atomic mass is 35.5. The van der Waals surface area contributed by atoms with Gasteiger partial charge in [-0.2, -0.15) is 0 Å². The van der Waals surface area contributed by atoms with Gasteiger partial charge in [0.15, 0.2) is 0 Å². The number of carbonyl (C=O) groups excluding carboxylic acids is 1. The zero-order valence-corrected chi connectivity index (χ0v) is 23.6. The van der Waals surface area contributed by atoms with Crippen molar-refractivity contribution in [3.05, 3.63) is 72.1 Å². The Balaban J connectivity index is 0.000000184. The highest BCUT2D eigenvalue weighted by molar-refractivity contribution is 5.85. The lowest BCUT2D eigenvalue weighted by atomic mass is 9.89. The lowest BCUT2D eigenvalue weighted by Crippen LogP contribution is -2.41. The summed E-state index contributed by atoms with van der Waals surface area (Å²) in [7, 11) is 0. The lowest BCUT2D eigenvalue weighted by molar-refractivity contribution is 0.0205. The third-order valence-corrected chi connectivity index (χ3v) is 7.61. The van der Waals surface area contributed by atoms with Gasteiger partial charge < -0.3 is 24.9 Å². The number of H-pyrrole nitrogens is 2. The quantitative estimate of drug-likeness (QED) is 0.251. The Morgan fingerprint density at radius 1 is 0.789 bits per heavy atom. The van der Waals surface area contributed by atoms with Crippen molar-refractivity contribution in [2.45, 2.75) is 63.9 Å². The number of aromatic amines is 2. The SMILES string of the molecule is CC(C)(C)OC(=O)N1CCC(c2c[nH]c3ccccc23)CC1.Cl.c1ccc2c(C3CCNCC3)c[nH]c2c1. The molecule has 2 aromatic carbocycles. The summed E-state index contributed by atoms with van der Waals surface area (Å²) in [5.74, 6) is 1.25. The van der Waals surface area contributed by atoms with Gasteiger partial charge in [0.05, 0.1) is 0 Å². The molecule has 0 spiro atoms. The number of fused-ring (bicyclic) bond motifs is 2. The topological polar surface area (TPSA) is 73.2 Å². The van der Waals surface area contributed by atoms with E-state index in [0.29, 0.717) is 5.92 Å². The van der Waals surface area contributed by atoms with E-state index in [0.717, 1.165) is 44.9 Å². The van der Waals surface area contributed by atoms with Crippen LogP contribution < -0.4 is 5.32 Å². The lowest BCUT2D eigenvalue weighted by Gasteiger charge is -2.33. The number of nitrogens with one attached hydrogen (secondary N) is 3. The monoisotopic (exact) mass is 536 g/mol. The molecule has 3 N–H and O–H groups in total. The summed E-state index contributed by atoms with van der Waals surface area (Å²) in [5.41, 5.74) is 4.91. The molecule has 4 aromatic rings. The zero-order chi connectivity index (χ0) is 25.8. The smallest absolute Gasteiger partial charge is 0.410 e. The number of para-hydroxylation sites is 2. The Morgan fingerprint density at radius 3 is 1.76 bits per heavy atom. The number of ether oxygens (including phenoxy) is 1. The first-order chi connectivity index (χ1) is 17.9. The normalized spacial score (nSPS) is 17.1. The van der Waals surface area contributed by atoms with Crippen LogP contribution in [0.15, 0.2) is 60.9 Å². The molecule has 1 amide bonds. The Morgan fingerprint density at radius 2 is 1.26 bits per heavy atom. The van der Waals surface area contributed by atoms with Crippen LogP contribution in [0, 0.1) is 0 Å². The minimum absolute atomic E-state index is 0. The second kappa shape index (κ2) is 12.3. The Kier molecular flexibility index (Phi) is 9.06.